The van der Waals surface area contributed by atoms with Gasteiger partial charge in [-0.3, -0.25) is 0 Å². The minimum Gasteiger partial charge on any atom is -0.359 e. The Morgan fingerprint density at radius 1 is 1.42 bits per heavy atom. The Morgan fingerprint density at radius 2 is 2.17 bits per heavy atom. The van der Waals surface area contributed by atoms with Gasteiger partial charge >= 0.3 is 0 Å². The van der Waals surface area contributed by atoms with Gasteiger partial charge in [-0.1, -0.05) is 30.4 Å². The Kier molecular flexibility index (Phi) is 2.97. The average Bonchev–Trinajstić information content (AvgIpc) is 2.36. The predicted molar refractivity (Wildman–Crippen MR) is 50.3 cm³/mol. The first kappa shape index (κ1) is 9.38. The maximum Gasteiger partial charge on any atom is 0.225 e. The molecule has 0 saturated carbocycles. The molecule has 1 heterocycles. The number of anilines is 1. The van der Waals surface area contributed by atoms with Crippen LogP contribution in [0.1, 0.15) is 27.2 Å². The minimum absolute atomic E-state index is 0.366. The zero-order valence-electron chi connectivity index (χ0n) is 7.66. The van der Waals surface area contributed by atoms with E-state index in [4.69, 9.17) is 0 Å². The van der Waals surface area contributed by atoms with E-state index in [2.05, 4.69) is 40.9 Å². The molecule has 0 atom stereocenters. The van der Waals surface area contributed by atoms with Crippen LogP contribution in [0, 0.1) is 5.41 Å². The van der Waals surface area contributed by atoms with Gasteiger partial charge in [-0.05, 0) is 17.0 Å². The molecule has 1 aromatic heterocycles. The highest BCUT2D eigenvalue weighted by molar-refractivity contribution is 7.09. The lowest BCUT2D eigenvalue weighted by atomic mass is 9.92. The third-order valence-corrected chi connectivity index (χ3v) is 2.00. The van der Waals surface area contributed by atoms with E-state index < -0.39 is 0 Å². The topological polar surface area (TPSA) is 50.7 Å². The van der Waals surface area contributed by atoms with Crippen LogP contribution in [-0.2, 0) is 0 Å². The first-order valence-corrected chi connectivity index (χ1v) is 4.74. The van der Waals surface area contributed by atoms with Crippen LogP contribution in [0.15, 0.2) is 0 Å². The Bertz CT molecular complexity index is 214. The van der Waals surface area contributed by atoms with Crippen LogP contribution in [0.5, 0.6) is 0 Å². The Hall–Kier alpha value is -0.710. The van der Waals surface area contributed by atoms with Crippen molar-refractivity contribution < 1.29 is 0 Å². The van der Waals surface area contributed by atoms with Gasteiger partial charge in [0.2, 0.25) is 5.13 Å². The van der Waals surface area contributed by atoms with Crippen molar-refractivity contribution in [2.24, 2.45) is 5.41 Å². The minimum atomic E-state index is 0.366. The molecular formula is C7H14N4S. The summed E-state index contributed by atoms with van der Waals surface area (Å²) in [7, 11) is 0. The van der Waals surface area contributed by atoms with Crippen LogP contribution in [0.25, 0.3) is 0 Å². The number of aromatic nitrogens is 3. The largest absolute Gasteiger partial charge is 0.359 e. The van der Waals surface area contributed by atoms with Crippen molar-refractivity contribution in [3.8, 4) is 0 Å². The highest BCUT2D eigenvalue weighted by atomic mass is 32.1. The zero-order chi connectivity index (χ0) is 9.03. The van der Waals surface area contributed by atoms with Crippen LogP contribution in [0.3, 0.4) is 0 Å². The van der Waals surface area contributed by atoms with Crippen LogP contribution in [-0.4, -0.2) is 21.3 Å². The van der Waals surface area contributed by atoms with Crippen molar-refractivity contribution in [1.29, 1.82) is 0 Å². The predicted octanol–water partition coefficient (Wildman–Crippen LogP) is 1.78. The molecule has 0 aliphatic carbocycles. The summed E-state index contributed by atoms with van der Waals surface area (Å²) in [5.74, 6) is 0. The lowest BCUT2D eigenvalue weighted by Crippen LogP contribution is -2.12. The normalized spacial score (nSPS) is 11.6. The fraction of sp³-hybridized carbons (Fsp3) is 0.857. The van der Waals surface area contributed by atoms with E-state index in [9.17, 15) is 0 Å². The lowest BCUT2D eigenvalue weighted by molar-refractivity contribution is 0.389. The fourth-order valence-corrected chi connectivity index (χ4v) is 1.14. The highest BCUT2D eigenvalue weighted by Crippen LogP contribution is 2.18. The van der Waals surface area contributed by atoms with Crippen LogP contribution in [0.2, 0.25) is 0 Å². The molecule has 0 radical (unpaired) electrons. The number of rotatable bonds is 3. The summed E-state index contributed by atoms with van der Waals surface area (Å²) in [5.41, 5.74) is 0.366. The van der Waals surface area contributed by atoms with Gasteiger partial charge < -0.3 is 5.32 Å². The molecule has 0 saturated heterocycles. The van der Waals surface area contributed by atoms with E-state index >= 15 is 0 Å². The molecule has 0 spiro atoms. The van der Waals surface area contributed by atoms with Crippen LogP contribution < -0.4 is 5.32 Å². The van der Waals surface area contributed by atoms with Gasteiger partial charge in [0.25, 0.3) is 0 Å². The summed E-state index contributed by atoms with van der Waals surface area (Å²) in [6.07, 6.45) is 1.12. The molecule has 1 rings (SSSR count). The van der Waals surface area contributed by atoms with Gasteiger partial charge in [0.05, 0.1) is 0 Å². The molecule has 0 aromatic carbocycles. The third-order valence-electron chi connectivity index (χ3n) is 1.45. The van der Waals surface area contributed by atoms with Gasteiger partial charge in [0.1, 0.15) is 0 Å². The molecule has 0 amide bonds. The Morgan fingerprint density at radius 3 is 2.67 bits per heavy atom. The first-order chi connectivity index (χ1) is 5.58. The zero-order valence-corrected chi connectivity index (χ0v) is 8.48. The van der Waals surface area contributed by atoms with Crippen molar-refractivity contribution >= 4 is 16.7 Å². The van der Waals surface area contributed by atoms with Gasteiger partial charge in [-0.2, -0.15) is 0 Å². The molecule has 4 nitrogen and oxygen atoms in total. The second-order valence-electron chi connectivity index (χ2n) is 3.90. The van der Waals surface area contributed by atoms with Gasteiger partial charge in [-0.25, -0.2) is 0 Å². The Balaban J connectivity index is 2.20. The van der Waals surface area contributed by atoms with Gasteiger partial charge in [-0.15, -0.1) is 0 Å². The van der Waals surface area contributed by atoms with Crippen LogP contribution in [0.4, 0.5) is 5.13 Å². The number of hydrogen-bond acceptors (Lipinski definition) is 5. The summed E-state index contributed by atoms with van der Waals surface area (Å²) >= 11 is 1.29. The van der Waals surface area contributed by atoms with Gasteiger partial charge in [0.15, 0.2) is 0 Å². The third kappa shape index (κ3) is 3.61. The fourth-order valence-electron chi connectivity index (χ4n) is 0.746. The molecule has 1 N–H and O–H groups in total. The second kappa shape index (κ2) is 3.80. The van der Waals surface area contributed by atoms with E-state index in [0.717, 1.165) is 18.1 Å². The summed E-state index contributed by atoms with van der Waals surface area (Å²) in [4.78, 5) is 0. The maximum absolute atomic E-state index is 3.78. The number of nitrogens with zero attached hydrogens (tertiary/aromatic N) is 3. The van der Waals surface area contributed by atoms with Crippen molar-refractivity contribution in [3.63, 3.8) is 0 Å². The molecule has 68 valence electrons. The van der Waals surface area contributed by atoms with E-state index in [1.165, 1.54) is 11.5 Å². The van der Waals surface area contributed by atoms with Crippen molar-refractivity contribution in [2.45, 2.75) is 27.2 Å². The van der Waals surface area contributed by atoms with E-state index in [1.54, 1.807) is 0 Å². The van der Waals surface area contributed by atoms with Crippen molar-refractivity contribution in [3.05, 3.63) is 0 Å². The number of hydrogen-bond donors (Lipinski definition) is 1. The SMILES string of the molecule is CC(C)(C)CCNc1nnns1. The van der Waals surface area contributed by atoms with Gasteiger partial charge in [0, 0.05) is 18.1 Å². The summed E-state index contributed by atoms with van der Waals surface area (Å²) in [6, 6.07) is 0. The molecule has 0 bridgehead atoms. The molecule has 1 aromatic rings. The molecule has 0 aliphatic rings. The number of nitrogens with one attached hydrogen (secondary N) is 1. The smallest absolute Gasteiger partial charge is 0.225 e. The quantitative estimate of drug-likeness (QED) is 0.781. The molecule has 12 heavy (non-hydrogen) atoms. The Labute approximate surface area is 76.5 Å². The first-order valence-electron chi connectivity index (χ1n) is 3.97. The van der Waals surface area contributed by atoms with Crippen molar-refractivity contribution in [1.82, 2.24) is 14.8 Å². The second-order valence-corrected chi connectivity index (χ2v) is 4.64. The molecule has 5 heteroatoms. The molecule has 0 unspecified atom stereocenters. The summed E-state index contributed by atoms with van der Waals surface area (Å²) in [5, 5.41) is 11.2. The standard InChI is InChI=1S/C7H14N4S/c1-7(2,3)4-5-8-6-9-10-11-12-6/h4-5H2,1-3H3,(H,8,9,11). The molecular weight excluding hydrogens is 172 g/mol. The van der Waals surface area contributed by atoms with Crippen LogP contribution >= 0.6 is 11.5 Å². The lowest BCUT2D eigenvalue weighted by Gasteiger charge is -2.17. The summed E-state index contributed by atoms with van der Waals surface area (Å²) < 4.78 is 3.66. The summed E-state index contributed by atoms with van der Waals surface area (Å²) in [6.45, 7) is 7.58. The average molecular weight is 186 g/mol. The molecule has 0 fully saturated rings. The van der Waals surface area contributed by atoms with E-state index in [0.29, 0.717) is 5.41 Å². The monoisotopic (exact) mass is 186 g/mol. The highest BCUT2D eigenvalue weighted by Gasteiger charge is 2.09. The van der Waals surface area contributed by atoms with Crippen molar-refractivity contribution in [2.75, 3.05) is 11.9 Å². The van der Waals surface area contributed by atoms with E-state index in [1.807, 2.05) is 0 Å². The van der Waals surface area contributed by atoms with E-state index in [-0.39, 0.29) is 0 Å². The maximum atomic E-state index is 3.78. The molecule has 0 aliphatic heterocycles.